The zero-order valence-electron chi connectivity index (χ0n) is 16.4. The van der Waals surface area contributed by atoms with E-state index < -0.39 is 0 Å². The van der Waals surface area contributed by atoms with Gasteiger partial charge in [-0.2, -0.15) is 0 Å². The van der Waals surface area contributed by atoms with Gasteiger partial charge in [0, 0.05) is 17.4 Å². The molecule has 1 aliphatic heterocycles. The van der Waals surface area contributed by atoms with Crippen LogP contribution in [0.5, 0.6) is 0 Å². The Kier molecular flexibility index (Phi) is 4.41. The molecule has 2 aliphatic carbocycles. The first-order valence-corrected chi connectivity index (χ1v) is 10.8. The van der Waals surface area contributed by atoms with Crippen molar-refractivity contribution in [1.29, 1.82) is 0 Å². The summed E-state index contributed by atoms with van der Waals surface area (Å²) in [4.78, 5) is 0. The second-order valence-electron chi connectivity index (χ2n) is 8.95. The molecular weight excluding hydrogens is 347 g/mol. The molecule has 1 unspecified atom stereocenters. The Bertz CT molecular complexity index is 893. The van der Waals surface area contributed by atoms with Crippen molar-refractivity contribution in [3.05, 3.63) is 71.6 Å². The quantitative estimate of drug-likeness (QED) is 0.653. The normalized spacial score (nSPS) is 23.0. The first-order valence-electron chi connectivity index (χ1n) is 10.8. The van der Waals surface area contributed by atoms with E-state index in [-0.39, 0.29) is 17.3 Å². The van der Waals surface area contributed by atoms with Crippen molar-refractivity contribution < 1.29 is 4.39 Å². The average molecular weight is 377 g/mol. The topological polar surface area (TPSA) is 24.1 Å². The molecule has 1 atom stereocenters. The van der Waals surface area contributed by atoms with Crippen LogP contribution in [-0.4, -0.2) is 6.04 Å². The van der Waals surface area contributed by atoms with Crippen LogP contribution in [0.4, 0.5) is 10.1 Å². The van der Waals surface area contributed by atoms with Gasteiger partial charge in [-0.05, 0) is 84.9 Å². The smallest absolute Gasteiger partial charge is 0.123 e. The fraction of sp³-hybridized carbons (Fsp3) is 0.440. The summed E-state index contributed by atoms with van der Waals surface area (Å²) in [5, 5.41) is 7.31. The molecule has 1 heterocycles. The minimum Gasteiger partial charge on any atom is -0.382 e. The Morgan fingerprint density at radius 1 is 1.07 bits per heavy atom. The van der Waals surface area contributed by atoms with Crippen LogP contribution in [0, 0.1) is 5.82 Å². The minimum absolute atomic E-state index is 0.153. The first kappa shape index (κ1) is 17.8. The Labute approximate surface area is 167 Å². The molecule has 3 aliphatic rings. The summed E-state index contributed by atoms with van der Waals surface area (Å²) in [6.45, 7) is 4.31. The summed E-state index contributed by atoms with van der Waals surface area (Å²) in [6, 6.07) is 14.6. The molecule has 28 heavy (non-hydrogen) atoms. The van der Waals surface area contributed by atoms with E-state index in [4.69, 9.17) is 0 Å². The first-order chi connectivity index (χ1) is 13.6. The lowest BCUT2D eigenvalue weighted by atomic mass is 9.69. The summed E-state index contributed by atoms with van der Waals surface area (Å²) in [5.41, 5.74) is 6.16. The van der Waals surface area contributed by atoms with Crippen molar-refractivity contribution in [2.24, 2.45) is 0 Å². The largest absolute Gasteiger partial charge is 0.382 e. The summed E-state index contributed by atoms with van der Waals surface area (Å²) < 4.78 is 13.8. The maximum atomic E-state index is 13.8. The van der Waals surface area contributed by atoms with Gasteiger partial charge < -0.3 is 10.6 Å². The van der Waals surface area contributed by atoms with Crippen LogP contribution in [0.25, 0.3) is 5.70 Å². The Balaban J connectivity index is 1.48. The zero-order valence-corrected chi connectivity index (χ0v) is 16.4. The molecule has 0 bridgehead atoms. The van der Waals surface area contributed by atoms with Crippen LogP contribution in [0.1, 0.15) is 74.1 Å². The molecule has 0 amide bonds. The molecule has 2 aromatic rings. The Morgan fingerprint density at radius 2 is 1.89 bits per heavy atom. The van der Waals surface area contributed by atoms with E-state index >= 15 is 0 Å². The molecule has 0 aromatic heterocycles. The van der Waals surface area contributed by atoms with E-state index in [0.29, 0.717) is 6.04 Å². The van der Waals surface area contributed by atoms with Gasteiger partial charge in [-0.1, -0.05) is 37.6 Å². The van der Waals surface area contributed by atoms with Crippen LogP contribution in [0.3, 0.4) is 0 Å². The van der Waals surface area contributed by atoms with Gasteiger partial charge in [0.1, 0.15) is 5.82 Å². The van der Waals surface area contributed by atoms with Crippen molar-refractivity contribution in [2.45, 2.75) is 68.9 Å². The lowest BCUT2D eigenvalue weighted by molar-refractivity contribution is 0.365. The van der Waals surface area contributed by atoms with E-state index in [1.54, 1.807) is 6.07 Å². The number of fused-ring (bicyclic) bond motifs is 2. The fourth-order valence-corrected chi connectivity index (χ4v) is 5.37. The predicted molar refractivity (Wildman–Crippen MR) is 114 cm³/mol. The van der Waals surface area contributed by atoms with Crippen molar-refractivity contribution in [3.8, 4) is 0 Å². The number of nitrogens with one attached hydrogen (secondary N) is 2. The monoisotopic (exact) mass is 376 g/mol. The van der Waals surface area contributed by atoms with Crippen LogP contribution >= 0.6 is 0 Å². The van der Waals surface area contributed by atoms with Gasteiger partial charge in [-0.25, -0.2) is 4.39 Å². The average Bonchev–Trinajstić information content (AvgIpc) is 3.13. The molecule has 2 aromatic carbocycles. The predicted octanol–water partition coefficient (Wildman–Crippen LogP) is 6.31. The van der Waals surface area contributed by atoms with E-state index in [1.807, 2.05) is 12.1 Å². The number of benzene rings is 2. The van der Waals surface area contributed by atoms with Crippen molar-refractivity contribution >= 4 is 11.4 Å². The van der Waals surface area contributed by atoms with Crippen molar-refractivity contribution in [3.63, 3.8) is 0 Å². The second kappa shape index (κ2) is 6.95. The van der Waals surface area contributed by atoms with Gasteiger partial charge in [0.25, 0.3) is 0 Å². The highest BCUT2D eigenvalue weighted by atomic mass is 19.1. The van der Waals surface area contributed by atoms with E-state index in [1.165, 1.54) is 67.8 Å². The molecule has 146 valence electrons. The summed E-state index contributed by atoms with van der Waals surface area (Å²) in [6.07, 6.45) is 9.87. The molecule has 2 fully saturated rings. The highest BCUT2D eigenvalue weighted by molar-refractivity contribution is 5.69. The van der Waals surface area contributed by atoms with Crippen LogP contribution in [-0.2, 0) is 5.41 Å². The SMILES string of the molecule is C=C(NC1CCC1)c1ccc2c(c1)C1(CCCC1)CC(c1cccc(F)c1)N2. The van der Waals surface area contributed by atoms with Crippen LogP contribution in [0.15, 0.2) is 49.0 Å². The zero-order chi connectivity index (χ0) is 19.1. The number of hydrogen-bond donors (Lipinski definition) is 2. The third kappa shape index (κ3) is 3.11. The summed E-state index contributed by atoms with van der Waals surface area (Å²) in [7, 11) is 0. The van der Waals surface area contributed by atoms with Gasteiger partial charge >= 0.3 is 0 Å². The van der Waals surface area contributed by atoms with Gasteiger partial charge in [0.2, 0.25) is 0 Å². The molecule has 2 saturated carbocycles. The Morgan fingerprint density at radius 3 is 2.61 bits per heavy atom. The molecule has 3 heteroatoms. The number of rotatable bonds is 4. The molecule has 2 nitrogen and oxygen atoms in total. The third-order valence-electron chi connectivity index (χ3n) is 7.16. The van der Waals surface area contributed by atoms with Crippen molar-refractivity contribution in [1.82, 2.24) is 5.32 Å². The highest BCUT2D eigenvalue weighted by Gasteiger charge is 2.43. The fourth-order valence-electron chi connectivity index (χ4n) is 5.37. The lowest BCUT2D eigenvalue weighted by Crippen LogP contribution is -2.35. The maximum absolute atomic E-state index is 13.8. The highest BCUT2D eigenvalue weighted by Crippen LogP contribution is 2.53. The number of anilines is 1. The number of halogens is 1. The van der Waals surface area contributed by atoms with Crippen LogP contribution in [0.2, 0.25) is 0 Å². The maximum Gasteiger partial charge on any atom is 0.123 e. The standard InChI is InChI=1S/C25H29FN2/c1-17(27-21-8-5-9-21)18-10-11-23-22(15-18)25(12-2-3-13-25)16-24(28-23)19-6-4-7-20(26)14-19/h4,6-7,10-11,14-15,21,24,27-28H,1-3,5,8-9,12-13,16H2. The molecular formula is C25H29FN2. The van der Waals surface area contributed by atoms with Crippen molar-refractivity contribution in [2.75, 3.05) is 5.32 Å². The molecule has 1 spiro atoms. The second-order valence-corrected chi connectivity index (χ2v) is 8.95. The minimum atomic E-state index is -0.153. The van der Waals surface area contributed by atoms with Crippen LogP contribution < -0.4 is 10.6 Å². The molecule has 0 saturated heterocycles. The van der Waals surface area contributed by atoms with E-state index in [0.717, 1.165) is 17.7 Å². The van der Waals surface area contributed by atoms with E-state index in [2.05, 4.69) is 35.4 Å². The lowest BCUT2D eigenvalue weighted by Gasteiger charge is -2.42. The Hall–Kier alpha value is -2.29. The van der Waals surface area contributed by atoms with E-state index in [9.17, 15) is 4.39 Å². The molecule has 5 rings (SSSR count). The number of hydrogen-bond acceptors (Lipinski definition) is 2. The van der Waals surface area contributed by atoms with Gasteiger partial charge in [-0.15, -0.1) is 0 Å². The molecule has 2 N–H and O–H groups in total. The molecule has 0 radical (unpaired) electrons. The van der Waals surface area contributed by atoms with Gasteiger partial charge in [0.15, 0.2) is 0 Å². The summed E-state index contributed by atoms with van der Waals surface area (Å²) in [5.74, 6) is -0.153. The van der Waals surface area contributed by atoms with Gasteiger partial charge in [0.05, 0.1) is 6.04 Å². The summed E-state index contributed by atoms with van der Waals surface area (Å²) >= 11 is 0. The third-order valence-corrected chi connectivity index (χ3v) is 7.16. The van der Waals surface area contributed by atoms with Gasteiger partial charge in [-0.3, -0.25) is 0 Å².